The maximum atomic E-state index is 5.76. The summed E-state index contributed by atoms with van der Waals surface area (Å²) in [5.74, 6) is 1.15. The number of aromatic nitrogens is 2. The van der Waals surface area contributed by atoms with Crippen molar-refractivity contribution in [2.45, 2.75) is 39.5 Å². The van der Waals surface area contributed by atoms with Crippen molar-refractivity contribution in [2.24, 2.45) is 0 Å². The summed E-state index contributed by atoms with van der Waals surface area (Å²) in [5.41, 5.74) is 3.74. The normalized spacial score (nSPS) is 11.2. The zero-order valence-electron chi connectivity index (χ0n) is 8.52. The van der Waals surface area contributed by atoms with E-state index in [0.29, 0.717) is 11.8 Å². The first kappa shape index (κ1) is 10.6. The Labute approximate surface area is 84.7 Å². The Hall–Kier alpha value is -0.500. The molecule has 1 aromatic heterocycles. The Morgan fingerprint density at radius 3 is 2.62 bits per heavy atom. The summed E-state index contributed by atoms with van der Waals surface area (Å²) in [6, 6.07) is 0. The summed E-state index contributed by atoms with van der Waals surface area (Å²) < 4.78 is 0. The Morgan fingerprint density at radius 1 is 1.46 bits per heavy atom. The van der Waals surface area contributed by atoms with Gasteiger partial charge in [0.25, 0.3) is 0 Å². The second-order valence-corrected chi connectivity index (χ2v) is 3.89. The number of nitrogens with zero attached hydrogens (tertiary/aromatic N) is 1. The minimum absolute atomic E-state index is 0.481. The van der Waals surface area contributed by atoms with Crippen LogP contribution in [0.25, 0.3) is 0 Å². The van der Waals surface area contributed by atoms with E-state index in [9.17, 15) is 0 Å². The van der Waals surface area contributed by atoms with Crippen LogP contribution in [-0.2, 0) is 12.8 Å². The number of hydrogen-bond donors (Lipinski definition) is 1. The summed E-state index contributed by atoms with van der Waals surface area (Å²) in [4.78, 5) is 0. The highest BCUT2D eigenvalue weighted by atomic mass is 35.5. The zero-order valence-corrected chi connectivity index (χ0v) is 9.28. The Bertz CT molecular complexity index is 266. The van der Waals surface area contributed by atoms with Crippen molar-refractivity contribution in [3.63, 3.8) is 0 Å². The van der Waals surface area contributed by atoms with Crippen LogP contribution in [0.2, 0.25) is 0 Å². The van der Waals surface area contributed by atoms with Gasteiger partial charge < -0.3 is 0 Å². The predicted molar refractivity (Wildman–Crippen MR) is 56.5 cm³/mol. The summed E-state index contributed by atoms with van der Waals surface area (Å²) in [5, 5.41) is 7.40. The molecule has 0 unspecified atom stereocenters. The Morgan fingerprint density at radius 2 is 2.15 bits per heavy atom. The quantitative estimate of drug-likeness (QED) is 0.744. The third-order valence-electron chi connectivity index (χ3n) is 2.23. The fourth-order valence-corrected chi connectivity index (χ4v) is 1.75. The number of alkyl halides is 1. The van der Waals surface area contributed by atoms with Crippen molar-refractivity contribution in [3.8, 4) is 0 Å². The van der Waals surface area contributed by atoms with Crippen LogP contribution in [0.3, 0.4) is 0 Å². The summed E-state index contributed by atoms with van der Waals surface area (Å²) in [6.07, 6.45) is 1.93. The number of nitrogens with one attached hydrogen (secondary N) is 1. The lowest BCUT2D eigenvalue weighted by molar-refractivity contribution is 0.797. The molecule has 0 radical (unpaired) electrons. The summed E-state index contributed by atoms with van der Waals surface area (Å²) in [6.45, 7) is 6.45. The van der Waals surface area contributed by atoms with Gasteiger partial charge in [0.05, 0.1) is 5.69 Å². The second kappa shape index (κ2) is 4.66. The van der Waals surface area contributed by atoms with Crippen molar-refractivity contribution in [1.82, 2.24) is 10.2 Å². The molecule has 0 saturated heterocycles. The van der Waals surface area contributed by atoms with Gasteiger partial charge in [-0.3, -0.25) is 5.10 Å². The summed E-state index contributed by atoms with van der Waals surface area (Å²) >= 11 is 5.76. The molecule has 2 nitrogen and oxygen atoms in total. The largest absolute Gasteiger partial charge is 0.282 e. The monoisotopic (exact) mass is 200 g/mol. The molecule has 0 bridgehead atoms. The van der Waals surface area contributed by atoms with Gasteiger partial charge in [-0.2, -0.15) is 5.10 Å². The third kappa shape index (κ3) is 2.25. The molecule has 0 fully saturated rings. The minimum Gasteiger partial charge on any atom is -0.282 e. The van der Waals surface area contributed by atoms with Crippen molar-refractivity contribution >= 4 is 11.6 Å². The number of rotatable bonds is 4. The van der Waals surface area contributed by atoms with Crippen LogP contribution in [0.4, 0.5) is 0 Å². The van der Waals surface area contributed by atoms with Gasteiger partial charge in [0.2, 0.25) is 0 Å². The van der Waals surface area contributed by atoms with Gasteiger partial charge in [0, 0.05) is 11.6 Å². The highest BCUT2D eigenvalue weighted by Gasteiger charge is 2.13. The van der Waals surface area contributed by atoms with E-state index in [1.54, 1.807) is 0 Å². The second-order valence-electron chi connectivity index (χ2n) is 3.51. The van der Waals surface area contributed by atoms with Gasteiger partial charge in [0.1, 0.15) is 0 Å². The molecule has 3 heteroatoms. The van der Waals surface area contributed by atoms with E-state index in [4.69, 9.17) is 11.6 Å². The maximum Gasteiger partial charge on any atom is 0.0682 e. The molecular formula is C10H17ClN2. The SMILES string of the molecule is CCc1[nH]nc(C(C)C)c1CCCl. The maximum absolute atomic E-state index is 5.76. The molecule has 1 heterocycles. The van der Waals surface area contributed by atoms with Crippen molar-refractivity contribution < 1.29 is 0 Å². The molecule has 0 amide bonds. The van der Waals surface area contributed by atoms with E-state index in [1.807, 2.05) is 0 Å². The smallest absolute Gasteiger partial charge is 0.0682 e. The van der Waals surface area contributed by atoms with E-state index in [2.05, 4.69) is 31.0 Å². The average molecular weight is 201 g/mol. The number of hydrogen-bond acceptors (Lipinski definition) is 1. The first-order valence-electron chi connectivity index (χ1n) is 4.82. The van der Waals surface area contributed by atoms with Crippen molar-refractivity contribution in [2.75, 3.05) is 5.88 Å². The van der Waals surface area contributed by atoms with Crippen LogP contribution in [0.1, 0.15) is 43.6 Å². The Balaban J connectivity index is 2.99. The first-order chi connectivity index (χ1) is 6.20. The van der Waals surface area contributed by atoms with Gasteiger partial charge in [-0.05, 0) is 24.3 Å². The molecule has 0 saturated carbocycles. The molecular weight excluding hydrogens is 184 g/mol. The molecule has 0 aliphatic rings. The van der Waals surface area contributed by atoms with Gasteiger partial charge in [-0.25, -0.2) is 0 Å². The van der Waals surface area contributed by atoms with Gasteiger partial charge in [-0.1, -0.05) is 20.8 Å². The lowest BCUT2D eigenvalue weighted by atomic mass is 10.0. The minimum atomic E-state index is 0.481. The predicted octanol–water partition coefficient (Wildman–Crippen LogP) is 2.88. The van der Waals surface area contributed by atoms with Crippen LogP contribution in [-0.4, -0.2) is 16.1 Å². The highest BCUT2D eigenvalue weighted by molar-refractivity contribution is 6.18. The first-order valence-corrected chi connectivity index (χ1v) is 5.36. The van der Waals surface area contributed by atoms with Crippen molar-refractivity contribution in [3.05, 3.63) is 17.0 Å². The molecule has 0 aliphatic heterocycles. The Kier molecular flexibility index (Phi) is 3.79. The van der Waals surface area contributed by atoms with E-state index in [0.717, 1.165) is 12.8 Å². The third-order valence-corrected chi connectivity index (χ3v) is 2.42. The van der Waals surface area contributed by atoms with E-state index < -0.39 is 0 Å². The molecule has 0 atom stereocenters. The number of halogens is 1. The lowest BCUT2D eigenvalue weighted by Crippen LogP contribution is -1.97. The van der Waals surface area contributed by atoms with Crippen LogP contribution in [0.5, 0.6) is 0 Å². The zero-order chi connectivity index (χ0) is 9.84. The molecule has 0 spiro atoms. The van der Waals surface area contributed by atoms with Crippen LogP contribution < -0.4 is 0 Å². The van der Waals surface area contributed by atoms with E-state index in [-0.39, 0.29) is 0 Å². The average Bonchev–Trinajstić information content (AvgIpc) is 2.48. The van der Waals surface area contributed by atoms with Gasteiger partial charge in [0.15, 0.2) is 0 Å². The number of H-pyrrole nitrogens is 1. The number of aromatic amines is 1. The molecule has 74 valence electrons. The summed E-state index contributed by atoms with van der Waals surface area (Å²) in [7, 11) is 0. The molecule has 1 rings (SSSR count). The molecule has 13 heavy (non-hydrogen) atoms. The van der Waals surface area contributed by atoms with Crippen molar-refractivity contribution in [1.29, 1.82) is 0 Å². The molecule has 0 aliphatic carbocycles. The fourth-order valence-electron chi connectivity index (χ4n) is 1.56. The van der Waals surface area contributed by atoms with Crippen LogP contribution >= 0.6 is 11.6 Å². The van der Waals surface area contributed by atoms with Crippen LogP contribution in [0.15, 0.2) is 0 Å². The fraction of sp³-hybridized carbons (Fsp3) is 0.700. The standard InChI is InChI=1S/C10H17ClN2/c1-4-9-8(5-6-11)10(7(2)3)13-12-9/h7H,4-6H2,1-3H3,(H,12,13). The molecule has 0 aromatic carbocycles. The highest BCUT2D eigenvalue weighted by Crippen LogP contribution is 2.21. The molecule has 1 aromatic rings. The number of aryl methyl sites for hydroxylation is 1. The van der Waals surface area contributed by atoms with Crippen LogP contribution in [0, 0.1) is 0 Å². The van der Waals surface area contributed by atoms with E-state index >= 15 is 0 Å². The van der Waals surface area contributed by atoms with Gasteiger partial charge >= 0.3 is 0 Å². The topological polar surface area (TPSA) is 28.7 Å². The van der Waals surface area contributed by atoms with E-state index in [1.165, 1.54) is 17.0 Å². The lowest BCUT2D eigenvalue weighted by Gasteiger charge is -2.04. The van der Waals surface area contributed by atoms with Gasteiger partial charge in [-0.15, -0.1) is 11.6 Å². The molecule has 1 N–H and O–H groups in total.